The minimum atomic E-state index is -0.0402. The van der Waals surface area contributed by atoms with Gasteiger partial charge in [0.25, 0.3) is 0 Å². The molecule has 0 unspecified atom stereocenters. The van der Waals surface area contributed by atoms with E-state index in [1.165, 1.54) is 0 Å². The summed E-state index contributed by atoms with van der Waals surface area (Å²) in [6, 6.07) is 0. The van der Waals surface area contributed by atoms with E-state index in [0.29, 0.717) is 18.4 Å². The molecule has 0 amide bonds. The maximum atomic E-state index is 5.72. The SMILES string of the molecule is CCc1nnc(NCc2ncc(C(C)(C)C)o2)nc1CC. The van der Waals surface area contributed by atoms with E-state index in [1.807, 2.05) is 0 Å². The summed E-state index contributed by atoms with van der Waals surface area (Å²) >= 11 is 0. The maximum Gasteiger partial charge on any atom is 0.243 e. The van der Waals surface area contributed by atoms with Gasteiger partial charge in [-0.3, -0.25) is 0 Å². The highest BCUT2D eigenvalue weighted by Gasteiger charge is 2.19. The number of nitrogens with zero attached hydrogens (tertiary/aromatic N) is 4. The first-order chi connectivity index (χ1) is 9.94. The normalized spacial score (nSPS) is 11.7. The molecule has 0 bridgehead atoms. The zero-order valence-corrected chi connectivity index (χ0v) is 13.4. The molecule has 2 aromatic rings. The molecule has 6 heteroatoms. The number of hydrogen-bond acceptors (Lipinski definition) is 6. The first kappa shape index (κ1) is 15.4. The number of aryl methyl sites for hydroxylation is 2. The molecule has 2 aromatic heterocycles. The third-order valence-corrected chi connectivity index (χ3v) is 3.20. The van der Waals surface area contributed by atoms with Gasteiger partial charge >= 0.3 is 0 Å². The van der Waals surface area contributed by atoms with Crippen LogP contribution in [0.5, 0.6) is 0 Å². The second kappa shape index (κ2) is 6.20. The molecular formula is C15H23N5O. The van der Waals surface area contributed by atoms with Crippen LogP contribution in [0.2, 0.25) is 0 Å². The molecule has 2 rings (SSSR count). The standard InChI is InChI=1S/C15H23N5O/c1-6-10-11(7-2)19-20-14(18-10)17-9-13-16-8-12(21-13)15(3,4)5/h8H,6-7,9H2,1-5H3,(H,17,18,20). The van der Waals surface area contributed by atoms with Crippen molar-refractivity contribution in [2.24, 2.45) is 0 Å². The van der Waals surface area contributed by atoms with Crippen molar-refractivity contribution >= 4 is 5.95 Å². The van der Waals surface area contributed by atoms with Crippen molar-refractivity contribution in [3.8, 4) is 0 Å². The van der Waals surface area contributed by atoms with E-state index in [2.05, 4.69) is 60.1 Å². The Kier molecular flexibility index (Phi) is 4.55. The Morgan fingerprint density at radius 2 is 1.81 bits per heavy atom. The van der Waals surface area contributed by atoms with Crippen molar-refractivity contribution in [3.05, 3.63) is 29.2 Å². The van der Waals surface area contributed by atoms with Gasteiger partial charge in [-0.2, -0.15) is 5.10 Å². The zero-order valence-electron chi connectivity index (χ0n) is 13.4. The Hall–Kier alpha value is -1.98. The van der Waals surface area contributed by atoms with Crippen LogP contribution in [0.4, 0.5) is 5.95 Å². The van der Waals surface area contributed by atoms with Gasteiger partial charge in [0.2, 0.25) is 11.8 Å². The Balaban J connectivity index is 2.04. The lowest BCUT2D eigenvalue weighted by molar-refractivity contribution is 0.385. The molecule has 0 fully saturated rings. The Labute approximate surface area is 125 Å². The van der Waals surface area contributed by atoms with Crippen molar-refractivity contribution in [2.75, 3.05) is 5.32 Å². The summed E-state index contributed by atoms with van der Waals surface area (Å²) in [5.41, 5.74) is 1.90. The molecule has 0 aliphatic rings. The predicted molar refractivity (Wildman–Crippen MR) is 81.1 cm³/mol. The molecule has 1 N–H and O–H groups in total. The molecule has 0 aromatic carbocycles. The van der Waals surface area contributed by atoms with E-state index in [1.54, 1.807) is 6.20 Å². The fraction of sp³-hybridized carbons (Fsp3) is 0.600. The van der Waals surface area contributed by atoms with Crippen molar-refractivity contribution in [1.29, 1.82) is 0 Å². The second-order valence-corrected chi connectivity index (χ2v) is 5.96. The number of hydrogen-bond donors (Lipinski definition) is 1. The van der Waals surface area contributed by atoms with Crippen LogP contribution in [-0.2, 0) is 24.8 Å². The van der Waals surface area contributed by atoms with Gasteiger partial charge in [-0.25, -0.2) is 9.97 Å². The molecular weight excluding hydrogens is 266 g/mol. The number of oxazole rings is 1. The fourth-order valence-corrected chi connectivity index (χ4v) is 1.91. The van der Waals surface area contributed by atoms with Crippen molar-refractivity contribution < 1.29 is 4.42 Å². The molecule has 0 saturated carbocycles. The summed E-state index contributed by atoms with van der Waals surface area (Å²) in [6.07, 6.45) is 3.46. The Morgan fingerprint density at radius 3 is 2.38 bits per heavy atom. The topological polar surface area (TPSA) is 76.7 Å². The highest BCUT2D eigenvalue weighted by Crippen LogP contribution is 2.22. The molecule has 6 nitrogen and oxygen atoms in total. The van der Waals surface area contributed by atoms with Crippen LogP contribution in [0.25, 0.3) is 0 Å². The number of nitrogens with one attached hydrogen (secondary N) is 1. The molecule has 0 saturated heterocycles. The van der Waals surface area contributed by atoms with Gasteiger partial charge in [-0.05, 0) is 12.8 Å². The average Bonchev–Trinajstić information content (AvgIpc) is 2.93. The summed E-state index contributed by atoms with van der Waals surface area (Å²) in [4.78, 5) is 8.75. The number of anilines is 1. The Bertz CT molecular complexity index is 600. The third kappa shape index (κ3) is 3.77. The van der Waals surface area contributed by atoms with E-state index in [-0.39, 0.29) is 5.41 Å². The summed E-state index contributed by atoms with van der Waals surface area (Å²) < 4.78 is 5.72. The third-order valence-electron chi connectivity index (χ3n) is 3.20. The van der Waals surface area contributed by atoms with Crippen LogP contribution in [0.1, 0.15) is 57.7 Å². The first-order valence-electron chi connectivity index (χ1n) is 7.35. The summed E-state index contributed by atoms with van der Waals surface area (Å²) in [6.45, 7) is 10.8. The van der Waals surface area contributed by atoms with Gasteiger partial charge in [-0.15, -0.1) is 5.10 Å². The lowest BCUT2D eigenvalue weighted by Crippen LogP contribution is -2.10. The molecule has 114 valence electrons. The second-order valence-electron chi connectivity index (χ2n) is 5.96. The summed E-state index contributed by atoms with van der Waals surface area (Å²) in [5.74, 6) is 2.01. The smallest absolute Gasteiger partial charge is 0.243 e. The fourth-order valence-electron chi connectivity index (χ4n) is 1.91. The van der Waals surface area contributed by atoms with E-state index >= 15 is 0 Å². The van der Waals surface area contributed by atoms with Gasteiger partial charge < -0.3 is 9.73 Å². The molecule has 0 aliphatic heterocycles. The number of aromatic nitrogens is 4. The number of rotatable bonds is 5. The molecule has 0 aliphatic carbocycles. The molecule has 2 heterocycles. The van der Waals surface area contributed by atoms with Crippen LogP contribution < -0.4 is 5.32 Å². The van der Waals surface area contributed by atoms with Gasteiger partial charge in [0.05, 0.1) is 24.1 Å². The molecule has 21 heavy (non-hydrogen) atoms. The van der Waals surface area contributed by atoms with E-state index in [4.69, 9.17) is 4.42 Å². The lowest BCUT2D eigenvalue weighted by atomic mass is 9.94. The first-order valence-corrected chi connectivity index (χ1v) is 7.35. The largest absolute Gasteiger partial charge is 0.443 e. The van der Waals surface area contributed by atoms with E-state index in [0.717, 1.165) is 30.0 Å². The van der Waals surface area contributed by atoms with E-state index < -0.39 is 0 Å². The van der Waals surface area contributed by atoms with Crippen LogP contribution in [0.15, 0.2) is 10.6 Å². The van der Waals surface area contributed by atoms with Crippen LogP contribution >= 0.6 is 0 Å². The van der Waals surface area contributed by atoms with E-state index in [9.17, 15) is 0 Å². The maximum absolute atomic E-state index is 5.72. The van der Waals surface area contributed by atoms with Crippen molar-refractivity contribution in [1.82, 2.24) is 20.2 Å². The van der Waals surface area contributed by atoms with Crippen LogP contribution in [-0.4, -0.2) is 20.2 Å². The van der Waals surface area contributed by atoms with Gasteiger partial charge in [0.1, 0.15) is 5.76 Å². The quantitative estimate of drug-likeness (QED) is 0.912. The summed E-state index contributed by atoms with van der Waals surface area (Å²) in [7, 11) is 0. The minimum absolute atomic E-state index is 0.0402. The van der Waals surface area contributed by atoms with Gasteiger partial charge in [0.15, 0.2) is 0 Å². The monoisotopic (exact) mass is 289 g/mol. The predicted octanol–water partition coefficient (Wildman–Crippen LogP) is 2.89. The Morgan fingerprint density at radius 1 is 1.10 bits per heavy atom. The molecule has 0 radical (unpaired) electrons. The van der Waals surface area contributed by atoms with Crippen LogP contribution in [0, 0.1) is 0 Å². The molecule has 0 spiro atoms. The molecule has 0 atom stereocenters. The highest BCUT2D eigenvalue weighted by atomic mass is 16.4. The van der Waals surface area contributed by atoms with Crippen molar-refractivity contribution in [3.63, 3.8) is 0 Å². The van der Waals surface area contributed by atoms with Crippen LogP contribution in [0.3, 0.4) is 0 Å². The lowest BCUT2D eigenvalue weighted by Gasteiger charge is -2.13. The van der Waals surface area contributed by atoms with Gasteiger partial charge in [-0.1, -0.05) is 34.6 Å². The minimum Gasteiger partial charge on any atom is -0.443 e. The highest BCUT2D eigenvalue weighted by molar-refractivity contribution is 5.26. The van der Waals surface area contributed by atoms with Gasteiger partial charge in [0, 0.05) is 5.41 Å². The average molecular weight is 289 g/mol. The van der Waals surface area contributed by atoms with Crippen molar-refractivity contribution in [2.45, 2.75) is 59.4 Å². The summed E-state index contributed by atoms with van der Waals surface area (Å²) in [5, 5.41) is 11.4. The zero-order chi connectivity index (χ0) is 15.5.